The summed E-state index contributed by atoms with van der Waals surface area (Å²) in [5, 5.41) is 3.43. The second-order valence-corrected chi connectivity index (χ2v) is 5.60. The van der Waals surface area contributed by atoms with Crippen LogP contribution in [0.5, 0.6) is 0 Å². The lowest BCUT2D eigenvalue weighted by atomic mass is 10.2. The van der Waals surface area contributed by atoms with Crippen molar-refractivity contribution in [3.05, 3.63) is 30.1 Å². The predicted octanol–water partition coefficient (Wildman–Crippen LogP) is 1.86. The molecule has 1 aliphatic rings. The number of nitrogens with zero attached hydrogens (tertiary/aromatic N) is 2. The van der Waals surface area contributed by atoms with Crippen molar-refractivity contribution in [1.82, 2.24) is 10.2 Å². The van der Waals surface area contributed by atoms with Gasteiger partial charge in [0.05, 0.1) is 6.54 Å². The van der Waals surface area contributed by atoms with Gasteiger partial charge in [-0.15, -0.1) is 0 Å². The van der Waals surface area contributed by atoms with Crippen LogP contribution in [0.1, 0.15) is 19.8 Å². The zero-order valence-corrected chi connectivity index (χ0v) is 12.8. The molecule has 0 bridgehead atoms. The van der Waals surface area contributed by atoms with Crippen LogP contribution in [0.4, 0.5) is 10.1 Å². The van der Waals surface area contributed by atoms with Gasteiger partial charge in [-0.1, -0.05) is 0 Å². The molecule has 0 spiro atoms. The molecule has 0 aromatic heterocycles. The Bertz CT molecular complexity index is 457. The Balaban J connectivity index is 1.91. The summed E-state index contributed by atoms with van der Waals surface area (Å²) in [5.41, 5.74) is 0.747. The van der Waals surface area contributed by atoms with E-state index in [0.717, 1.165) is 18.8 Å². The van der Waals surface area contributed by atoms with Gasteiger partial charge >= 0.3 is 0 Å². The van der Waals surface area contributed by atoms with E-state index in [1.807, 2.05) is 14.0 Å². The molecule has 1 amide bonds. The van der Waals surface area contributed by atoms with E-state index in [9.17, 15) is 9.18 Å². The minimum atomic E-state index is -0.285. The second kappa shape index (κ2) is 7.52. The minimum Gasteiger partial charge on any atom is -0.313 e. The lowest BCUT2D eigenvalue weighted by Gasteiger charge is -2.26. The number of carbonyl (C=O) groups excluding carboxylic acids is 1. The van der Waals surface area contributed by atoms with Crippen LogP contribution >= 0.6 is 0 Å². The van der Waals surface area contributed by atoms with Crippen molar-refractivity contribution in [1.29, 1.82) is 0 Å². The molecule has 2 rings (SSSR count). The molecule has 1 saturated heterocycles. The molecule has 1 aromatic carbocycles. The van der Waals surface area contributed by atoms with E-state index in [2.05, 4.69) is 10.2 Å². The standard InChI is InChI=1S/C16H24FN3O/c1-3-20(15-8-6-13(17)7-9-15)16(21)12-19(2)11-14-5-4-10-18-14/h6-9,14,18H,3-5,10-12H2,1-2H3. The number of carbonyl (C=O) groups is 1. The van der Waals surface area contributed by atoms with E-state index in [-0.39, 0.29) is 11.7 Å². The fraction of sp³-hybridized carbons (Fsp3) is 0.562. The Labute approximate surface area is 125 Å². The van der Waals surface area contributed by atoms with Crippen LogP contribution in [0.25, 0.3) is 0 Å². The lowest BCUT2D eigenvalue weighted by Crippen LogP contribution is -2.43. The molecule has 1 N–H and O–H groups in total. The largest absolute Gasteiger partial charge is 0.313 e. The zero-order chi connectivity index (χ0) is 15.2. The first-order valence-electron chi connectivity index (χ1n) is 7.58. The maximum absolute atomic E-state index is 13.0. The maximum Gasteiger partial charge on any atom is 0.241 e. The number of anilines is 1. The zero-order valence-electron chi connectivity index (χ0n) is 12.8. The quantitative estimate of drug-likeness (QED) is 0.869. The van der Waals surface area contributed by atoms with Crippen molar-refractivity contribution in [2.75, 3.05) is 38.1 Å². The van der Waals surface area contributed by atoms with E-state index < -0.39 is 0 Å². The van der Waals surface area contributed by atoms with Gasteiger partial charge in [0.15, 0.2) is 0 Å². The van der Waals surface area contributed by atoms with Gasteiger partial charge in [-0.2, -0.15) is 0 Å². The fourth-order valence-electron chi connectivity index (χ4n) is 2.79. The van der Waals surface area contributed by atoms with Crippen LogP contribution in [-0.4, -0.2) is 50.1 Å². The summed E-state index contributed by atoms with van der Waals surface area (Å²) in [7, 11) is 1.97. The van der Waals surface area contributed by atoms with Crippen LogP contribution < -0.4 is 10.2 Å². The molecular formula is C16H24FN3O. The van der Waals surface area contributed by atoms with Crippen molar-refractivity contribution < 1.29 is 9.18 Å². The van der Waals surface area contributed by atoms with Crippen molar-refractivity contribution in [3.63, 3.8) is 0 Å². The molecule has 1 aromatic rings. The van der Waals surface area contributed by atoms with Crippen LogP contribution in [0, 0.1) is 5.82 Å². The van der Waals surface area contributed by atoms with Gasteiger partial charge in [0, 0.05) is 24.8 Å². The third-order valence-electron chi connectivity index (χ3n) is 3.86. The highest BCUT2D eigenvalue weighted by Crippen LogP contribution is 2.15. The van der Waals surface area contributed by atoms with Crippen LogP contribution in [0.3, 0.4) is 0 Å². The number of amides is 1. The summed E-state index contributed by atoms with van der Waals surface area (Å²) < 4.78 is 13.0. The Morgan fingerprint density at radius 2 is 2.10 bits per heavy atom. The van der Waals surface area contributed by atoms with Gasteiger partial charge in [-0.05, 0) is 57.6 Å². The third-order valence-corrected chi connectivity index (χ3v) is 3.86. The number of rotatable bonds is 6. The highest BCUT2D eigenvalue weighted by Gasteiger charge is 2.20. The van der Waals surface area contributed by atoms with Crippen LogP contribution in [0.2, 0.25) is 0 Å². The molecule has 0 saturated carbocycles. The molecule has 1 atom stereocenters. The summed E-state index contributed by atoms with van der Waals surface area (Å²) >= 11 is 0. The Kier molecular flexibility index (Phi) is 5.70. The summed E-state index contributed by atoms with van der Waals surface area (Å²) in [4.78, 5) is 16.2. The molecule has 0 aliphatic carbocycles. The minimum absolute atomic E-state index is 0.0459. The Morgan fingerprint density at radius 1 is 1.38 bits per heavy atom. The van der Waals surface area contributed by atoms with E-state index in [1.165, 1.54) is 25.0 Å². The van der Waals surface area contributed by atoms with E-state index in [4.69, 9.17) is 0 Å². The van der Waals surface area contributed by atoms with E-state index in [1.54, 1.807) is 17.0 Å². The van der Waals surface area contributed by atoms with Crippen molar-refractivity contribution in [2.45, 2.75) is 25.8 Å². The molecular weight excluding hydrogens is 269 g/mol. The topological polar surface area (TPSA) is 35.6 Å². The number of nitrogens with one attached hydrogen (secondary N) is 1. The Morgan fingerprint density at radius 3 is 2.67 bits per heavy atom. The summed E-state index contributed by atoms with van der Waals surface area (Å²) in [6.45, 7) is 4.85. The molecule has 5 heteroatoms. The number of benzene rings is 1. The van der Waals surface area contributed by atoms with Gasteiger partial charge in [0.2, 0.25) is 5.91 Å². The normalized spacial score (nSPS) is 18.2. The monoisotopic (exact) mass is 293 g/mol. The molecule has 0 radical (unpaired) electrons. The van der Waals surface area contributed by atoms with Gasteiger partial charge in [0.25, 0.3) is 0 Å². The molecule has 116 valence electrons. The number of hydrogen-bond acceptors (Lipinski definition) is 3. The first-order chi connectivity index (χ1) is 10.1. The van der Waals surface area contributed by atoms with Crippen molar-refractivity contribution in [2.24, 2.45) is 0 Å². The molecule has 1 fully saturated rings. The summed E-state index contributed by atoms with van der Waals surface area (Å²) in [6.07, 6.45) is 2.39. The third kappa shape index (κ3) is 4.51. The Hall–Kier alpha value is -1.46. The van der Waals surface area contributed by atoms with E-state index >= 15 is 0 Å². The number of halogens is 1. The van der Waals surface area contributed by atoms with Gasteiger partial charge in [0.1, 0.15) is 5.82 Å². The fourth-order valence-corrected chi connectivity index (χ4v) is 2.79. The smallest absolute Gasteiger partial charge is 0.241 e. The van der Waals surface area contributed by atoms with Crippen molar-refractivity contribution in [3.8, 4) is 0 Å². The molecule has 1 unspecified atom stereocenters. The van der Waals surface area contributed by atoms with Gasteiger partial charge in [-0.25, -0.2) is 4.39 Å². The first kappa shape index (κ1) is 15.9. The average molecular weight is 293 g/mol. The number of likely N-dealkylation sites (N-methyl/N-ethyl adjacent to an activating group) is 2. The summed E-state index contributed by atoms with van der Waals surface area (Å²) in [6, 6.07) is 6.56. The highest BCUT2D eigenvalue weighted by molar-refractivity contribution is 5.94. The molecule has 1 aliphatic heterocycles. The predicted molar refractivity (Wildman–Crippen MR) is 82.9 cm³/mol. The van der Waals surface area contributed by atoms with E-state index in [0.29, 0.717) is 19.1 Å². The van der Waals surface area contributed by atoms with Crippen LogP contribution in [0.15, 0.2) is 24.3 Å². The van der Waals surface area contributed by atoms with Gasteiger partial charge in [-0.3, -0.25) is 9.69 Å². The molecule has 21 heavy (non-hydrogen) atoms. The molecule has 1 heterocycles. The highest BCUT2D eigenvalue weighted by atomic mass is 19.1. The summed E-state index contributed by atoms with van der Waals surface area (Å²) in [5.74, 6) is -0.240. The number of hydrogen-bond donors (Lipinski definition) is 1. The van der Waals surface area contributed by atoms with Crippen LogP contribution in [-0.2, 0) is 4.79 Å². The maximum atomic E-state index is 13.0. The average Bonchev–Trinajstić information content (AvgIpc) is 2.94. The SMILES string of the molecule is CCN(C(=O)CN(C)CC1CCCN1)c1ccc(F)cc1. The van der Waals surface area contributed by atoms with Gasteiger partial charge < -0.3 is 10.2 Å². The second-order valence-electron chi connectivity index (χ2n) is 5.60. The lowest BCUT2D eigenvalue weighted by molar-refractivity contribution is -0.119. The van der Waals surface area contributed by atoms with Crippen molar-refractivity contribution >= 4 is 11.6 Å². The molecule has 4 nitrogen and oxygen atoms in total. The first-order valence-corrected chi connectivity index (χ1v) is 7.58.